The zero-order valence-electron chi connectivity index (χ0n) is 13.2. The van der Waals surface area contributed by atoms with E-state index in [1.807, 2.05) is 24.3 Å². The minimum atomic E-state index is -0.210. The molecule has 5 heteroatoms. The SMILES string of the molecule is COCCN(CC(=O)Nc1ccc(C(C)C)cc1)C(C)=O. The Morgan fingerprint density at radius 1 is 1.24 bits per heavy atom. The summed E-state index contributed by atoms with van der Waals surface area (Å²) in [6.45, 7) is 6.54. The lowest BCUT2D eigenvalue weighted by Gasteiger charge is -2.20. The molecule has 5 nitrogen and oxygen atoms in total. The summed E-state index contributed by atoms with van der Waals surface area (Å²) < 4.78 is 4.93. The zero-order chi connectivity index (χ0) is 15.8. The molecule has 0 atom stereocenters. The van der Waals surface area contributed by atoms with E-state index in [0.717, 1.165) is 5.69 Å². The zero-order valence-corrected chi connectivity index (χ0v) is 13.2. The van der Waals surface area contributed by atoms with E-state index >= 15 is 0 Å². The third kappa shape index (κ3) is 5.95. The molecule has 0 aliphatic carbocycles. The van der Waals surface area contributed by atoms with Crippen LogP contribution in [-0.4, -0.2) is 43.5 Å². The highest BCUT2D eigenvalue weighted by molar-refractivity contribution is 5.94. The Kier molecular flexibility index (Phi) is 6.88. The van der Waals surface area contributed by atoms with E-state index in [9.17, 15) is 9.59 Å². The highest BCUT2D eigenvalue weighted by atomic mass is 16.5. The van der Waals surface area contributed by atoms with E-state index in [1.165, 1.54) is 17.4 Å². The number of ether oxygens (including phenoxy) is 1. The highest BCUT2D eigenvalue weighted by Gasteiger charge is 2.13. The summed E-state index contributed by atoms with van der Waals surface area (Å²) in [5.74, 6) is 0.105. The molecular formula is C16H24N2O3. The van der Waals surface area contributed by atoms with Crippen LogP contribution in [0.3, 0.4) is 0 Å². The Labute approximate surface area is 126 Å². The first-order valence-electron chi connectivity index (χ1n) is 7.08. The normalized spacial score (nSPS) is 10.5. The van der Waals surface area contributed by atoms with Crippen LogP contribution in [0.15, 0.2) is 24.3 Å². The van der Waals surface area contributed by atoms with E-state index < -0.39 is 0 Å². The predicted molar refractivity (Wildman–Crippen MR) is 83.3 cm³/mol. The van der Waals surface area contributed by atoms with E-state index in [2.05, 4.69) is 19.2 Å². The number of carbonyl (C=O) groups is 2. The Bertz CT molecular complexity index is 469. The minimum Gasteiger partial charge on any atom is -0.383 e. The second kappa shape index (κ2) is 8.42. The summed E-state index contributed by atoms with van der Waals surface area (Å²) >= 11 is 0. The van der Waals surface area contributed by atoms with Gasteiger partial charge in [-0.3, -0.25) is 9.59 Å². The predicted octanol–water partition coefficient (Wildman–Crippen LogP) is 2.24. The molecule has 0 radical (unpaired) electrons. The van der Waals surface area contributed by atoms with Gasteiger partial charge in [0, 0.05) is 26.3 Å². The molecular weight excluding hydrogens is 268 g/mol. The molecule has 0 aliphatic rings. The maximum absolute atomic E-state index is 12.0. The summed E-state index contributed by atoms with van der Waals surface area (Å²) in [4.78, 5) is 24.9. The van der Waals surface area contributed by atoms with Crippen molar-refractivity contribution in [1.82, 2.24) is 4.90 Å². The first kappa shape index (κ1) is 17.2. The Morgan fingerprint density at radius 2 is 1.86 bits per heavy atom. The third-order valence-electron chi connectivity index (χ3n) is 3.21. The van der Waals surface area contributed by atoms with Gasteiger partial charge < -0.3 is 15.0 Å². The van der Waals surface area contributed by atoms with Gasteiger partial charge in [0.2, 0.25) is 11.8 Å². The molecule has 1 N–H and O–H groups in total. The summed E-state index contributed by atoms with van der Waals surface area (Å²) in [5.41, 5.74) is 1.96. The molecule has 0 aliphatic heterocycles. The maximum Gasteiger partial charge on any atom is 0.243 e. The number of carbonyl (C=O) groups excluding carboxylic acids is 2. The van der Waals surface area contributed by atoms with Crippen LogP contribution < -0.4 is 5.32 Å². The van der Waals surface area contributed by atoms with Gasteiger partial charge in [-0.25, -0.2) is 0 Å². The van der Waals surface area contributed by atoms with E-state index in [-0.39, 0.29) is 18.4 Å². The fourth-order valence-electron chi connectivity index (χ4n) is 1.87. The maximum atomic E-state index is 12.0. The van der Waals surface area contributed by atoms with Crippen molar-refractivity contribution in [1.29, 1.82) is 0 Å². The number of nitrogens with one attached hydrogen (secondary N) is 1. The third-order valence-corrected chi connectivity index (χ3v) is 3.21. The molecule has 116 valence electrons. The van der Waals surface area contributed by atoms with Crippen LogP contribution in [-0.2, 0) is 14.3 Å². The Hall–Kier alpha value is -1.88. The van der Waals surface area contributed by atoms with E-state index in [0.29, 0.717) is 19.1 Å². The average Bonchev–Trinajstić information content (AvgIpc) is 2.43. The Morgan fingerprint density at radius 3 is 2.33 bits per heavy atom. The van der Waals surface area contributed by atoms with Crippen LogP contribution in [0.25, 0.3) is 0 Å². The molecule has 0 fully saturated rings. The van der Waals surface area contributed by atoms with Crippen LogP contribution >= 0.6 is 0 Å². The first-order valence-corrected chi connectivity index (χ1v) is 7.08. The van der Waals surface area contributed by atoms with Crippen molar-refractivity contribution in [2.45, 2.75) is 26.7 Å². The fraction of sp³-hybridized carbons (Fsp3) is 0.500. The second-order valence-electron chi connectivity index (χ2n) is 5.26. The summed E-state index contributed by atoms with van der Waals surface area (Å²) in [5, 5.41) is 2.80. The van der Waals surface area contributed by atoms with Crippen molar-refractivity contribution in [3.63, 3.8) is 0 Å². The van der Waals surface area contributed by atoms with Crippen molar-refractivity contribution < 1.29 is 14.3 Å². The van der Waals surface area contributed by atoms with Gasteiger partial charge in [-0.2, -0.15) is 0 Å². The van der Waals surface area contributed by atoms with Crippen molar-refractivity contribution in [3.8, 4) is 0 Å². The van der Waals surface area contributed by atoms with Crippen LogP contribution in [0, 0.1) is 0 Å². The summed E-state index contributed by atoms with van der Waals surface area (Å²) in [6, 6.07) is 7.74. The number of benzene rings is 1. The molecule has 0 spiro atoms. The number of methoxy groups -OCH3 is 1. The molecule has 1 aromatic rings. The standard InChI is InChI=1S/C16H24N2O3/c1-12(2)14-5-7-15(8-6-14)17-16(20)11-18(13(3)19)9-10-21-4/h5-8,12H,9-11H2,1-4H3,(H,17,20). The molecule has 0 bridgehead atoms. The van der Waals surface area contributed by atoms with Gasteiger partial charge in [-0.05, 0) is 23.6 Å². The van der Waals surface area contributed by atoms with Gasteiger partial charge in [0.05, 0.1) is 13.2 Å². The highest BCUT2D eigenvalue weighted by Crippen LogP contribution is 2.17. The largest absolute Gasteiger partial charge is 0.383 e. The number of hydrogen-bond acceptors (Lipinski definition) is 3. The number of rotatable bonds is 7. The lowest BCUT2D eigenvalue weighted by atomic mass is 10.0. The molecule has 0 heterocycles. The van der Waals surface area contributed by atoms with Gasteiger partial charge in [0.15, 0.2) is 0 Å². The molecule has 0 unspecified atom stereocenters. The average molecular weight is 292 g/mol. The lowest BCUT2D eigenvalue weighted by molar-refractivity contribution is -0.133. The number of nitrogens with zero attached hydrogens (tertiary/aromatic N) is 1. The van der Waals surface area contributed by atoms with Crippen LogP contribution in [0.1, 0.15) is 32.3 Å². The van der Waals surface area contributed by atoms with Crippen molar-refractivity contribution in [3.05, 3.63) is 29.8 Å². The first-order chi connectivity index (χ1) is 9.93. The summed E-state index contributed by atoms with van der Waals surface area (Å²) in [6.07, 6.45) is 0. The van der Waals surface area contributed by atoms with E-state index in [4.69, 9.17) is 4.74 Å². The van der Waals surface area contributed by atoms with Crippen molar-refractivity contribution >= 4 is 17.5 Å². The van der Waals surface area contributed by atoms with Gasteiger partial charge in [0.25, 0.3) is 0 Å². The minimum absolute atomic E-state index is 0.0324. The fourth-order valence-corrected chi connectivity index (χ4v) is 1.87. The molecule has 2 amide bonds. The topological polar surface area (TPSA) is 58.6 Å². The van der Waals surface area contributed by atoms with Gasteiger partial charge >= 0.3 is 0 Å². The lowest BCUT2D eigenvalue weighted by Crippen LogP contribution is -2.38. The number of amides is 2. The van der Waals surface area contributed by atoms with Gasteiger partial charge in [0.1, 0.15) is 0 Å². The molecule has 1 aromatic carbocycles. The van der Waals surface area contributed by atoms with Crippen LogP contribution in [0.4, 0.5) is 5.69 Å². The van der Waals surface area contributed by atoms with Crippen molar-refractivity contribution in [2.75, 3.05) is 32.1 Å². The molecule has 0 aromatic heterocycles. The quantitative estimate of drug-likeness (QED) is 0.838. The molecule has 1 rings (SSSR count). The monoisotopic (exact) mass is 292 g/mol. The van der Waals surface area contributed by atoms with Crippen LogP contribution in [0.5, 0.6) is 0 Å². The Balaban J connectivity index is 2.57. The van der Waals surface area contributed by atoms with Gasteiger partial charge in [-0.15, -0.1) is 0 Å². The summed E-state index contributed by atoms with van der Waals surface area (Å²) in [7, 11) is 1.56. The van der Waals surface area contributed by atoms with Crippen molar-refractivity contribution in [2.24, 2.45) is 0 Å². The molecule has 21 heavy (non-hydrogen) atoms. The second-order valence-corrected chi connectivity index (χ2v) is 5.26. The smallest absolute Gasteiger partial charge is 0.243 e. The van der Waals surface area contributed by atoms with Gasteiger partial charge in [-0.1, -0.05) is 26.0 Å². The molecule has 0 saturated heterocycles. The van der Waals surface area contributed by atoms with E-state index in [1.54, 1.807) is 7.11 Å². The number of hydrogen-bond donors (Lipinski definition) is 1. The molecule has 0 saturated carbocycles. The van der Waals surface area contributed by atoms with Crippen LogP contribution in [0.2, 0.25) is 0 Å². The number of anilines is 1.